The normalized spacial score (nSPS) is 13.5. The van der Waals surface area contributed by atoms with Gasteiger partial charge >= 0.3 is 5.97 Å². The molecule has 1 unspecified atom stereocenters. The number of nitrogens with one attached hydrogen (secondary N) is 2. The first kappa shape index (κ1) is 14.4. The SMILES string of the molecule is CC(C)C(NS(=O)(=O)c1c[nH]ccc1=O)C(=O)O. The second-order valence-corrected chi connectivity index (χ2v) is 5.74. The van der Waals surface area contributed by atoms with Crippen LogP contribution in [-0.2, 0) is 14.8 Å². The molecule has 100 valence electrons. The molecule has 0 aromatic carbocycles. The van der Waals surface area contributed by atoms with Gasteiger partial charge in [-0.15, -0.1) is 0 Å². The van der Waals surface area contributed by atoms with Gasteiger partial charge in [-0.3, -0.25) is 9.59 Å². The minimum Gasteiger partial charge on any atom is -0.480 e. The highest BCUT2D eigenvalue weighted by Crippen LogP contribution is 2.07. The number of carbonyl (C=O) groups is 1. The summed E-state index contributed by atoms with van der Waals surface area (Å²) in [5.74, 6) is -1.74. The molecule has 1 aromatic heterocycles. The van der Waals surface area contributed by atoms with Gasteiger partial charge in [0.1, 0.15) is 10.9 Å². The quantitative estimate of drug-likeness (QED) is 0.685. The molecule has 0 aliphatic heterocycles. The highest BCUT2D eigenvalue weighted by Gasteiger charge is 2.29. The van der Waals surface area contributed by atoms with Crippen molar-refractivity contribution in [2.75, 3.05) is 0 Å². The van der Waals surface area contributed by atoms with Crippen molar-refractivity contribution in [2.24, 2.45) is 5.92 Å². The molecule has 3 N–H and O–H groups in total. The predicted octanol–water partition coefficient (Wildman–Crippen LogP) is -0.238. The van der Waals surface area contributed by atoms with Crippen molar-refractivity contribution in [1.29, 1.82) is 0 Å². The summed E-state index contributed by atoms with van der Waals surface area (Å²) in [6.45, 7) is 3.13. The van der Waals surface area contributed by atoms with Gasteiger partial charge in [0.15, 0.2) is 0 Å². The largest absolute Gasteiger partial charge is 0.480 e. The average molecular weight is 274 g/mol. The Bertz CT molecular complexity index is 590. The first-order chi connectivity index (χ1) is 8.25. The van der Waals surface area contributed by atoms with Crippen LogP contribution in [0.3, 0.4) is 0 Å². The highest BCUT2D eigenvalue weighted by atomic mass is 32.2. The summed E-state index contributed by atoms with van der Waals surface area (Å²) in [6.07, 6.45) is 2.31. The Labute approximate surface area is 104 Å². The van der Waals surface area contributed by atoms with Gasteiger partial charge in [0.05, 0.1) is 0 Å². The number of rotatable bonds is 5. The molecule has 0 aliphatic rings. The van der Waals surface area contributed by atoms with Crippen LogP contribution in [0.15, 0.2) is 28.2 Å². The number of sulfonamides is 1. The Morgan fingerprint density at radius 2 is 2.06 bits per heavy atom. The van der Waals surface area contributed by atoms with E-state index in [1.54, 1.807) is 13.8 Å². The zero-order valence-corrected chi connectivity index (χ0v) is 10.7. The fraction of sp³-hybridized carbons (Fsp3) is 0.400. The summed E-state index contributed by atoms with van der Waals surface area (Å²) in [4.78, 5) is 24.3. The Morgan fingerprint density at radius 1 is 1.44 bits per heavy atom. The molecule has 1 heterocycles. The fourth-order valence-corrected chi connectivity index (χ4v) is 2.70. The summed E-state index contributed by atoms with van der Waals surface area (Å²) in [5.41, 5.74) is -0.700. The topological polar surface area (TPSA) is 116 Å². The zero-order valence-electron chi connectivity index (χ0n) is 9.88. The number of hydrogen-bond acceptors (Lipinski definition) is 4. The predicted molar refractivity (Wildman–Crippen MR) is 63.6 cm³/mol. The van der Waals surface area contributed by atoms with Crippen LogP contribution in [-0.4, -0.2) is 30.5 Å². The van der Waals surface area contributed by atoms with Crippen LogP contribution in [0.25, 0.3) is 0 Å². The van der Waals surface area contributed by atoms with E-state index in [0.717, 1.165) is 12.3 Å². The number of aromatic nitrogens is 1. The van der Waals surface area contributed by atoms with E-state index >= 15 is 0 Å². The lowest BCUT2D eigenvalue weighted by molar-refractivity contribution is -0.140. The molecule has 0 fully saturated rings. The maximum absolute atomic E-state index is 11.9. The van der Waals surface area contributed by atoms with Gasteiger partial charge in [-0.1, -0.05) is 13.8 Å². The standard InChI is InChI=1S/C10H14N2O5S/c1-6(2)9(10(14)15)12-18(16,17)8-5-11-4-3-7(8)13/h3-6,9,12H,1-2H3,(H,11,13)(H,14,15). The van der Waals surface area contributed by atoms with Crippen molar-refractivity contribution in [3.63, 3.8) is 0 Å². The molecule has 1 atom stereocenters. The minimum absolute atomic E-state index is 0.444. The second-order valence-electron chi connectivity index (χ2n) is 4.05. The molecule has 0 amide bonds. The van der Waals surface area contributed by atoms with Gasteiger partial charge < -0.3 is 10.1 Å². The molecule has 0 spiro atoms. The van der Waals surface area contributed by atoms with Crippen molar-refractivity contribution in [3.05, 3.63) is 28.7 Å². The van der Waals surface area contributed by atoms with E-state index in [2.05, 4.69) is 4.98 Å². The molecule has 0 saturated carbocycles. The molecule has 18 heavy (non-hydrogen) atoms. The zero-order chi connectivity index (χ0) is 13.9. The number of hydrogen-bond donors (Lipinski definition) is 3. The number of aromatic amines is 1. The van der Waals surface area contributed by atoms with E-state index in [4.69, 9.17) is 5.11 Å². The Kier molecular flexibility index (Phi) is 4.25. The van der Waals surface area contributed by atoms with Crippen molar-refractivity contribution < 1.29 is 18.3 Å². The van der Waals surface area contributed by atoms with Crippen LogP contribution in [0, 0.1) is 5.92 Å². The van der Waals surface area contributed by atoms with Crippen molar-refractivity contribution in [2.45, 2.75) is 24.8 Å². The fourth-order valence-electron chi connectivity index (χ4n) is 1.31. The lowest BCUT2D eigenvalue weighted by Gasteiger charge is -2.17. The van der Waals surface area contributed by atoms with Crippen LogP contribution in [0.5, 0.6) is 0 Å². The molecule has 1 aromatic rings. The van der Waals surface area contributed by atoms with Crippen molar-refractivity contribution in [3.8, 4) is 0 Å². The number of pyridine rings is 1. The van der Waals surface area contributed by atoms with Crippen LogP contribution in [0.4, 0.5) is 0 Å². The Balaban J connectivity index is 3.13. The van der Waals surface area contributed by atoms with Gasteiger partial charge in [0.2, 0.25) is 15.5 Å². The monoisotopic (exact) mass is 274 g/mol. The third-order valence-electron chi connectivity index (χ3n) is 2.29. The summed E-state index contributed by atoms with van der Waals surface area (Å²) in [7, 11) is -4.15. The van der Waals surface area contributed by atoms with Gasteiger partial charge in [0.25, 0.3) is 0 Å². The Hall–Kier alpha value is -1.67. The third-order valence-corrected chi connectivity index (χ3v) is 3.75. The smallest absolute Gasteiger partial charge is 0.322 e. The van der Waals surface area contributed by atoms with Crippen LogP contribution < -0.4 is 10.2 Å². The van der Waals surface area contributed by atoms with Crippen LogP contribution in [0.1, 0.15) is 13.8 Å². The summed E-state index contributed by atoms with van der Waals surface area (Å²) in [5, 5.41) is 8.91. The van der Waals surface area contributed by atoms with E-state index in [-0.39, 0.29) is 0 Å². The highest BCUT2D eigenvalue weighted by molar-refractivity contribution is 7.89. The van der Waals surface area contributed by atoms with Gasteiger partial charge in [-0.2, -0.15) is 4.72 Å². The first-order valence-electron chi connectivity index (χ1n) is 5.18. The molecule has 0 aliphatic carbocycles. The Morgan fingerprint density at radius 3 is 2.50 bits per heavy atom. The molecule has 8 heteroatoms. The summed E-state index contributed by atoms with van der Waals surface area (Å²) < 4.78 is 25.8. The minimum atomic E-state index is -4.15. The molecular weight excluding hydrogens is 260 g/mol. The number of carboxylic acid groups (broad SMARTS) is 1. The molecule has 0 bridgehead atoms. The maximum Gasteiger partial charge on any atom is 0.322 e. The molecular formula is C10H14N2O5S. The lowest BCUT2D eigenvalue weighted by atomic mass is 10.1. The molecule has 0 saturated heterocycles. The van der Waals surface area contributed by atoms with E-state index in [9.17, 15) is 18.0 Å². The second kappa shape index (κ2) is 5.32. The number of carboxylic acids is 1. The summed E-state index contributed by atoms with van der Waals surface area (Å²) >= 11 is 0. The lowest BCUT2D eigenvalue weighted by Crippen LogP contribution is -2.45. The third kappa shape index (κ3) is 3.17. The van der Waals surface area contributed by atoms with Gasteiger partial charge in [-0.25, -0.2) is 8.42 Å². The summed E-state index contributed by atoms with van der Waals surface area (Å²) in [6, 6.07) is -0.228. The van der Waals surface area contributed by atoms with Gasteiger partial charge in [-0.05, 0) is 5.92 Å². The van der Waals surface area contributed by atoms with Crippen LogP contribution in [0.2, 0.25) is 0 Å². The van der Waals surface area contributed by atoms with E-state index in [1.165, 1.54) is 6.20 Å². The van der Waals surface area contributed by atoms with Gasteiger partial charge in [0, 0.05) is 18.5 Å². The van der Waals surface area contributed by atoms with Crippen molar-refractivity contribution >= 4 is 16.0 Å². The average Bonchev–Trinajstić information content (AvgIpc) is 2.25. The van der Waals surface area contributed by atoms with Crippen LogP contribution >= 0.6 is 0 Å². The molecule has 7 nitrogen and oxygen atoms in total. The number of aliphatic carboxylic acids is 1. The molecule has 0 radical (unpaired) electrons. The van der Waals surface area contributed by atoms with E-state index in [1.807, 2.05) is 4.72 Å². The number of H-pyrrole nitrogens is 1. The van der Waals surface area contributed by atoms with Crippen molar-refractivity contribution in [1.82, 2.24) is 9.71 Å². The maximum atomic E-state index is 11.9. The first-order valence-corrected chi connectivity index (χ1v) is 6.66. The van der Waals surface area contributed by atoms with E-state index in [0.29, 0.717) is 0 Å². The van der Waals surface area contributed by atoms with E-state index < -0.39 is 38.3 Å². The molecule has 1 rings (SSSR count).